The van der Waals surface area contributed by atoms with E-state index >= 15 is 0 Å². The Hall–Kier alpha value is -1.57. The molecule has 80 valence electrons. The molecule has 0 aliphatic rings. The topological polar surface area (TPSA) is 38.9 Å². The van der Waals surface area contributed by atoms with Crippen molar-refractivity contribution >= 4 is 17.5 Å². The molecule has 1 unspecified atom stereocenters. The average molecular weight is 202 g/mol. The second kappa shape index (κ2) is 4.78. The smallest absolute Gasteiger partial charge is 0.131 e. The van der Waals surface area contributed by atoms with E-state index in [0.717, 1.165) is 23.1 Å². The van der Waals surface area contributed by atoms with Crippen LogP contribution in [0, 0.1) is 5.92 Å². The zero-order valence-electron chi connectivity index (χ0n) is 9.46. The Morgan fingerprint density at radius 2 is 2.33 bits per heavy atom. The third kappa shape index (κ3) is 2.27. The summed E-state index contributed by atoms with van der Waals surface area (Å²) in [5, 5.41) is 0. The van der Waals surface area contributed by atoms with Gasteiger partial charge in [-0.2, -0.15) is 0 Å². The van der Waals surface area contributed by atoms with Crippen LogP contribution < -0.4 is 5.73 Å². The van der Waals surface area contributed by atoms with Crippen molar-refractivity contribution in [2.24, 2.45) is 5.92 Å². The van der Waals surface area contributed by atoms with Crippen molar-refractivity contribution in [1.82, 2.24) is 4.98 Å². The zero-order chi connectivity index (χ0) is 11.4. The average Bonchev–Trinajstić information content (AvgIpc) is 2.26. The minimum absolute atomic E-state index is 0.450. The van der Waals surface area contributed by atoms with Gasteiger partial charge in [-0.3, -0.25) is 0 Å². The van der Waals surface area contributed by atoms with Crippen LogP contribution in [0.2, 0.25) is 0 Å². The molecule has 0 spiro atoms. The second-order valence-electron chi connectivity index (χ2n) is 3.70. The largest absolute Gasteiger partial charge is 0.383 e. The fraction of sp³-hybridized carbons (Fsp3) is 0.308. The Morgan fingerprint density at radius 1 is 1.67 bits per heavy atom. The number of hydrogen-bond acceptors (Lipinski definition) is 2. The fourth-order valence-corrected chi connectivity index (χ4v) is 1.50. The number of rotatable bonds is 4. The maximum absolute atomic E-state index is 5.79. The van der Waals surface area contributed by atoms with Crippen LogP contribution in [-0.4, -0.2) is 4.98 Å². The Balaban J connectivity index is 3.19. The van der Waals surface area contributed by atoms with E-state index in [-0.39, 0.29) is 0 Å². The van der Waals surface area contributed by atoms with E-state index in [1.807, 2.05) is 6.07 Å². The van der Waals surface area contributed by atoms with Crippen LogP contribution in [0.25, 0.3) is 11.6 Å². The lowest BCUT2D eigenvalue weighted by Gasteiger charge is -2.15. The van der Waals surface area contributed by atoms with Gasteiger partial charge in [0.05, 0.1) is 0 Å². The lowest BCUT2D eigenvalue weighted by Crippen LogP contribution is -2.02. The predicted molar refractivity (Wildman–Crippen MR) is 67.2 cm³/mol. The van der Waals surface area contributed by atoms with Gasteiger partial charge in [-0.15, -0.1) is 0 Å². The summed E-state index contributed by atoms with van der Waals surface area (Å²) in [6, 6.07) is 1.95. The first kappa shape index (κ1) is 11.5. The van der Waals surface area contributed by atoms with Gasteiger partial charge in [0.1, 0.15) is 5.82 Å². The second-order valence-corrected chi connectivity index (χ2v) is 3.70. The minimum Gasteiger partial charge on any atom is -0.383 e. The standard InChI is InChI=1S/C13H18N2/c1-5-9(3)10(4)12-7-8-15-13(14)11(12)6-2/h6-9H,2,4-5H2,1,3H3,(H2,14,15). The lowest BCUT2D eigenvalue weighted by molar-refractivity contribution is 0.719. The van der Waals surface area contributed by atoms with E-state index in [9.17, 15) is 0 Å². The van der Waals surface area contributed by atoms with Crippen molar-refractivity contribution < 1.29 is 0 Å². The molecule has 1 aromatic rings. The summed E-state index contributed by atoms with van der Waals surface area (Å²) in [4.78, 5) is 4.04. The number of nitrogen functional groups attached to an aromatic ring is 1. The molecule has 0 fully saturated rings. The van der Waals surface area contributed by atoms with Crippen molar-refractivity contribution in [3.05, 3.63) is 36.5 Å². The molecule has 1 atom stereocenters. The highest BCUT2D eigenvalue weighted by Crippen LogP contribution is 2.28. The van der Waals surface area contributed by atoms with Crippen LogP contribution in [0.5, 0.6) is 0 Å². The van der Waals surface area contributed by atoms with Crippen molar-refractivity contribution in [3.63, 3.8) is 0 Å². The maximum atomic E-state index is 5.79. The Morgan fingerprint density at radius 3 is 2.87 bits per heavy atom. The molecule has 15 heavy (non-hydrogen) atoms. The zero-order valence-corrected chi connectivity index (χ0v) is 9.46. The molecule has 0 bridgehead atoms. The monoisotopic (exact) mass is 202 g/mol. The molecule has 2 nitrogen and oxygen atoms in total. The summed E-state index contributed by atoms with van der Waals surface area (Å²) in [5.74, 6) is 0.970. The van der Waals surface area contributed by atoms with Crippen molar-refractivity contribution in [2.45, 2.75) is 20.3 Å². The maximum Gasteiger partial charge on any atom is 0.131 e. The summed E-state index contributed by atoms with van der Waals surface area (Å²) in [5.41, 5.74) is 8.84. The van der Waals surface area contributed by atoms with Gasteiger partial charge in [0, 0.05) is 11.8 Å². The highest BCUT2D eigenvalue weighted by Gasteiger charge is 2.11. The first-order chi connectivity index (χ1) is 7.11. The SMILES string of the molecule is C=Cc1c(C(=C)C(C)CC)ccnc1N. The number of anilines is 1. The molecule has 1 heterocycles. The third-order valence-electron chi connectivity index (χ3n) is 2.78. The van der Waals surface area contributed by atoms with Gasteiger partial charge in [-0.05, 0) is 29.5 Å². The molecule has 1 aromatic heterocycles. The molecular weight excluding hydrogens is 184 g/mol. The number of hydrogen-bond donors (Lipinski definition) is 1. The van der Waals surface area contributed by atoms with Gasteiger partial charge in [-0.1, -0.05) is 33.1 Å². The summed E-state index contributed by atoms with van der Waals surface area (Å²) >= 11 is 0. The van der Waals surface area contributed by atoms with Crippen molar-refractivity contribution in [2.75, 3.05) is 5.73 Å². The summed E-state index contributed by atoms with van der Waals surface area (Å²) in [7, 11) is 0. The number of pyridine rings is 1. The molecule has 0 saturated carbocycles. The van der Waals surface area contributed by atoms with Gasteiger partial charge in [0.25, 0.3) is 0 Å². The summed E-state index contributed by atoms with van der Waals surface area (Å²) < 4.78 is 0. The molecule has 1 rings (SSSR count). The third-order valence-corrected chi connectivity index (χ3v) is 2.78. The molecular formula is C13H18N2. The van der Waals surface area contributed by atoms with E-state index in [2.05, 4.69) is 32.0 Å². The van der Waals surface area contributed by atoms with Crippen LogP contribution in [-0.2, 0) is 0 Å². The molecule has 0 aromatic carbocycles. The van der Waals surface area contributed by atoms with Crippen LogP contribution in [0.1, 0.15) is 31.4 Å². The Bertz CT molecular complexity index is 380. The summed E-state index contributed by atoms with van der Waals surface area (Å²) in [6.07, 6.45) is 4.52. The van der Waals surface area contributed by atoms with Gasteiger partial charge < -0.3 is 5.73 Å². The first-order valence-corrected chi connectivity index (χ1v) is 5.17. The highest BCUT2D eigenvalue weighted by atomic mass is 14.8. The van der Waals surface area contributed by atoms with Crippen molar-refractivity contribution in [1.29, 1.82) is 0 Å². The highest BCUT2D eigenvalue weighted by molar-refractivity contribution is 5.77. The van der Waals surface area contributed by atoms with E-state index in [1.54, 1.807) is 12.3 Å². The number of nitrogens with zero attached hydrogens (tertiary/aromatic N) is 1. The van der Waals surface area contributed by atoms with E-state index in [4.69, 9.17) is 5.73 Å². The first-order valence-electron chi connectivity index (χ1n) is 5.17. The van der Waals surface area contributed by atoms with Gasteiger partial charge in [0.15, 0.2) is 0 Å². The van der Waals surface area contributed by atoms with Gasteiger partial charge >= 0.3 is 0 Å². The summed E-state index contributed by atoms with van der Waals surface area (Å²) in [6.45, 7) is 12.2. The molecule has 0 aliphatic heterocycles. The molecule has 2 heteroatoms. The predicted octanol–water partition coefficient (Wildman–Crippen LogP) is 3.37. The minimum atomic E-state index is 0.450. The lowest BCUT2D eigenvalue weighted by atomic mass is 9.91. The molecule has 2 N–H and O–H groups in total. The fourth-order valence-electron chi connectivity index (χ4n) is 1.50. The van der Waals surface area contributed by atoms with E-state index in [0.29, 0.717) is 11.7 Å². The van der Waals surface area contributed by atoms with E-state index in [1.165, 1.54) is 0 Å². The number of allylic oxidation sites excluding steroid dienone is 1. The van der Waals surface area contributed by atoms with Crippen LogP contribution in [0.4, 0.5) is 5.82 Å². The van der Waals surface area contributed by atoms with Gasteiger partial charge in [0.2, 0.25) is 0 Å². The number of nitrogens with two attached hydrogens (primary N) is 1. The van der Waals surface area contributed by atoms with Crippen LogP contribution in [0.3, 0.4) is 0 Å². The van der Waals surface area contributed by atoms with Gasteiger partial charge in [-0.25, -0.2) is 4.98 Å². The quantitative estimate of drug-likeness (QED) is 0.813. The molecule has 0 radical (unpaired) electrons. The normalized spacial score (nSPS) is 12.1. The molecule has 0 amide bonds. The molecule has 0 aliphatic carbocycles. The Labute approximate surface area is 91.5 Å². The van der Waals surface area contributed by atoms with Crippen LogP contribution in [0.15, 0.2) is 25.4 Å². The number of aromatic nitrogens is 1. The van der Waals surface area contributed by atoms with Crippen molar-refractivity contribution in [3.8, 4) is 0 Å². The van der Waals surface area contributed by atoms with E-state index < -0.39 is 0 Å². The molecule has 0 saturated heterocycles. The van der Waals surface area contributed by atoms with Crippen LogP contribution >= 0.6 is 0 Å². The Kier molecular flexibility index (Phi) is 3.67.